The van der Waals surface area contributed by atoms with Crippen LogP contribution in [0.2, 0.25) is 0 Å². The van der Waals surface area contributed by atoms with Gasteiger partial charge in [-0.2, -0.15) is 0 Å². The molecule has 1 amide bonds. The molecule has 1 aromatic heterocycles. The standard InChI is InChI=1S/C24H27N3O2/c1-5-27-22-12-11-19(14-21(22)20(15-23(27)28)16-9-10-16)26(4)24(29)17-7-6-8-18(13-17)25(2)3/h6-8,11-16H,5,9-10H2,1-4H3. The van der Waals surface area contributed by atoms with Crippen LogP contribution in [0.1, 0.15) is 41.6 Å². The maximum absolute atomic E-state index is 13.1. The molecule has 0 aliphatic heterocycles. The van der Waals surface area contributed by atoms with Crippen LogP contribution in [0.5, 0.6) is 0 Å². The first kappa shape index (κ1) is 19.2. The van der Waals surface area contributed by atoms with Crippen molar-refractivity contribution in [3.8, 4) is 0 Å². The van der Waals surface area contributed by atoms with Gasteiger partial charge in [-0.15, -0.1) is 0 Å². The number of benzene rings is 2. The van der Waals surface area contributed by atoms with Crippen molar-refractivity contribution in [1.82, 2.24) is 4.57 Å². The zero-order valence-electron chi connectivity index (χ0n) is 17.5. The summed E-state index contributed by atoms with van der Waals surface area (Å²) in [6, 6.07) is 15.4. The monoisotopic (exact) mass is 389 g/mol. The first-order valence-electron chi connectivity index (χ1n) is 10.1. The number of carbonyl (C=O) groups is 1. The second-order valence-corrected chi connectivity index (χ2v) is 7.97. The minimum Gasteiger partial charge on any atom is -0.378 e. The quantitative estimate of drug-likeness (QED) is 0.656. The summed E-state index contributed by atoms with van der Waals surface area (Å²) < 4.78 is 1.80. The van der Waals surface area contributed by atoms with E-state index in [0.29, 0.717) is 18.0 Å². The van der Waals surface area contributed by atoms with Crippen LogP contribution in [-0.4, -0.2) is 31.6 Å². The molecule has 4 rings (SSSR count). The molecule has 1 fully saturated rings. The Kier molecular flexibility index (Phi) is 4.91. The number of hydrogen-bond donors (Lipinski definition) is 0. The van der Waals surface area contributed by atoms with Crippen molar-refractivity contribution in [2.75, 3.05) is 30.9 Å². The number of carbonyl (C=O) groups excluding carboxylic acids is 1. The van der Waals surface area contributed by atoms with Gasteiger partial charge < -0.3 is 14.4 Å². The van der Waals surface area contributed by atoms with E-state index in [0.717, 1.165) is 40.7 Å². The highest BCUT2D eigenvalue weighted by Crippen LogP contribution is 2.43. The zero-order valence-corrected chi connectivity index (χ0v) is 17.5. The van der Waals surface area contributed by atoms with Crippen molar-refractivity contribution >= 4 is 28.2 Å². The normalized spacial score (nSPS) is 13.5. The Morgan fingerprint density at radius 2 is 1.79 bits per heavy atom. The molecule has 150 valence electrons. The van der Waals surface area contributed by atoms with Gasteiger partial charge in [0.15, 0.2) is 0 Å². The maximum Gasteiger partial charge on any atom is 0.258 e. The van der Waals surface area contributed by atoms with Gasteiger partial charge in [0.2, 0.25) is 0 Å². The molecule has 1 aliphatic carbocycles. The number of aryl methyl sites for hydroxylation is 1. The lowest BCUT2D eigenvalue weighted by molar-refractivity contribution is 0.0993. The lowest BCUT2D eigenvalue weighted by Crippen LogP contribution is -2.26. The number of nitrogens with zero attached hydrogens (tertiary/aromatic N) is 3. The molecule has 1 heterocycles. The summed E-state index contributed by atoms with van der Waals surface area (Å²) in [7, 11) is 5.73. The Balaban J connectivity index is 1.77. The third-order valence-electron chi connectivity index (χ3n) is 5.76. The van der Waals surface area contributed by atoms with Gasteiger partial charge in [0, 0.05) is 56.1 Å². The van der Waals surface area contributed by atoms with E-state index >= 15 is 0 Å². The molecule has 0 saturated heterocycles. The van der Waals surface area contributed by atoms with Gasteiger partial charge in [-0.25, -0.2) is 0 Å². The minimum absolute atomic E-state index is 0.0511. The van der Waals surface area contributed by atoms with Crippen molar-refractivity contribution in [3.63, 3.8) is 0 Å². The molecule has 3 aromatic rings. The first-order chi connectivity index (χ1) is 13.9. The van der Waals surface area contributed by atoms with Crippen molar-refractivity contribution in [1.29, 1.82) is 0 Å². The summed E-state index contributed by atoms with van der Waals surface area (Å²) >= 11 is 0. The summed E-state index contributed by atoms with van der Waals surface area (Å²) in [5.41, 5.74) is 4.60. The molecular weight excluding hydrogens is 362 g/mol. The Morgan fingerprint density at radius 3 is 2.45 bits per heavy atom. The van der Waals surface area contributed by atoms with Gasteiger partial charge in [-0.05, 0) is 67.6 Å². The summed E-state index contributed by atoms with van der Waals surface area (Å²) in [5, 5.41) is 1.08. The number of hydrogen-bond acceptors (Lipinski definition) is 3. The Labute approximate surface area is 171 Å². The molecule has 1 aliphatic rings. The summed E-state index contributed by atoms with van der Waals surface area (Å²) in [5.74, 6) is 0.412. The molecule has 0 spiro atoms. The van der Waals surface area contributed by atoms with Gasteiger partial charge in [0.1, 0.15) is 0 Å². The smallest absolute Gasteiger partial charge is 0.258 e. The van der Waals surface area contributed by atoms with Crippen LogP contribution < -0.4 is 15.4 Å². The van der Waals surface area contributed by atoms with Crippen LogP contribution in [0.25, 0.3) is 10.9 Å². The number of anilines is 2. The highest BCUT2D eigenvalue weighted by molar-refractivity contribution is 6.07. The number of amides is 1. The van der Waals surface area contributed by atoms with E-state index in [-0.39, 0.29) is 11.5 Å². The van der Waals surface area contributed by atoms with Gasteiger partial charge in [-0.1, -0.05) is 6.07 Å². The molecular formula is C24H27N3O2. The third-order valence-corrected chi connectivity index (χ3v) is 5.76. The summed E-state index contributed by atoms with van der Waals surface area (Å²) in [4.78, 5) is 29.3. The van der Waals surface area contributed by atoms with Crippen LogP contribution in [0.4, 0.5) is 11.4 Å². The van der Waals surface area contributed by atoms with Gasteiger partial charge >= 0.3 is 0 Å². The fourth-order valence-electron chi connectivity index (χ4n) is 3.89. The van der Waals surface area contributed by atoms with E-state index in [2.05, 4.69) is 6.07 Å². The van der Waals surface area contributed by atoms with Crippen LogP contribution in [-0.2, 0) is 6.54 Å². The maximum atomic E-state index is 13.1. The fourth-order valence-corrected chi connectivity index (χ4v) is 3.89. The topological polar surface area (TPSA) is 45.6 Å². The minimum atomic E-state index is -0.0511. The largest absolute Gasteiger partial charge is 0.378 e. The first-order valence-corrected chi connectivity index (χ1v) is 10.1. The highest BCUT2D eigenvalue weighted by atomic mass is 16.2. The van der Waals surface area contributed by atoms with Crippen molar-refractivity contribution in [2.24, 2.45) is 0 Å². The number of fused-ring (bicyclic) bond motifs is 1. The average molecular weight is 389 g/mol. The highest BCUT2D eigenvalue weighted by Gasteiger charge is 2.27. The molecule has 0 N–H and O–H groups in total. The predicted molar refractivity (Wildman–Crippen MR) is 119 cm³/mol. The summed E-state index contributed by atoms with van der Waals surface area (Å²) in [6.45, 7) is 2.62. The Morgan fingerprint density at radius 1 is 1.03 bits per heavy atom. The molecule has 29 heavy (non-hydrogen) atoms. The number of aromatic nitrogens is 1. The molecule has 1 saturated carbocycles. The van der Waals surface area contributed by atoms with E-state index in [1.54, 1.807) is 22.6 Å². The lowest BCUT2D eigenvalue weighted by Gasteiger charge is -2.21. The SMILES string of the molecule is CCn1c(=O)cc(C2CC2)c2cc(N(C)C(=O)c3cccc(N(C)C)c3)ccc21. The number of rotatable bonds is 5. The predicted octanol–water partition coefficient (Wildman–Crippen LogP) is 4.24. The number of pyridine rings is 1. The zero-order chi connectivity index (χ0) is 20.7. The molecule has 0 unspecified atom stereocenters. The van der Waals surface area contributed by atoms with E-state index in [9.17, 15) is 9.59 Å². The Bertz CT molecular complexity index is 1140. The average Bonchev–Trinajstić information content (AvgIpc) is 3.57. The second kappa shape index (κ2) is 7.39. The van der Waals surface area contributed by atoms with Crippen molar-refractivity contribution in [2.45, 2.75) is 32.2 Å². The molecule has 5 heteroatoms. The Hall–Kier alpha value is -3.08. The molecule has 0 bridgehead atoms. The molecule has 2 aromatic carbocycles. The molecule has 0 atom stereocenters. The summed E-state index contributed by atoms with van der Waals surface area (Å²) in [6.07, 6.45) is 2.25. The van der Waals surface area contributed by atoms with Crippen LogP contribution in [0.3, 0.4) is 0 Å². The molecule has 0 radical (unpaired) electrons. The van der Waals surface area contributed by atoms with Crippen LogP contribution >= 0.6 is 0 Å². The van der Waals surface area contributed by atoms with E-state index < -0.39 is 0 Å². The van der Waals surface area contributed by atoms with Gasteiger partial charge in [0.05, 0.1) is 5.52 Å². The van der Waals surface area contributed by atoms with Gasteiger partial charge in [-0.3, -0.25) is 9.59 Å². The third kappa shape index (κ3) is 3.53. The van der Waals surface area contributed by atoms with Crippen LogP contribution in [0.15, 0.2) is 53.3 Å². The molecule has 5 nitrogen and oxygen atoms in total. The van der Waals surface area contributed by atoms with Crippen LogP contribution in [0, 0.1) is 0 Å². The lowest BCUT2D eigenvalue weighted by atomic mass is 10.0. The van der Waals surface area contributed by atoms with E-state index in [1.165, 1.54) is 0 Å². The van der Waals surface area contributed by atoms with Crippen molar-refractivity contribution in [3.05, 3.63) is 70.0 Å². The van der Waals surface area contributed by atoms with E-state index in [4.69, 9.17) is 0 Å². The second-order valence-electron chi connectivity index (χ2n) is 7.97. The van der Waals surface area contributed by atoms with E-state index in [1.807, 2.05) is 62.3 Å². The van der Waals surface area contributed by atoms with Gasteiger partial charge in [0.25, 0.3) is 11.5 Å². The van der Waals surface area contributed by atoms with Crippen molar-refractivity contribution < 1.29 is 4.79 Å². The fraction of sp³-hybridized carbons (Fsp3) is 0.333.